The van der Waals surface area contributed by atoms with Gasteiger partial charge in [0.25, 0.3) is 0 Å². The maximum absolute atomic E-state index is 6.52. The molecule has 0 radical (unpaired) electrons. The molecule has 21 aromatic carbocycles. The van der Waals surface area contributed by atoms with Crippen LogP contribution in [0.1, 0.15) is 0 Å². The molecule has 9 heterocycles. The number of para-hydroxylation sites is 2. The molecule has 12 heteroatoms. The summed E-state index contributed by atoms with van der Waals surface area (Å²) < 4.78 is 22.1. The minimum atomic E-state index is 0.573. The van der Waals surface area contributed by atoms with Crippen molar-refractivity contribution in [3.63, 3.8) is 0 Å². The second kappa shape index (κ2) is 31.7. The van der Waals surface area contributed by atoms with Crippen LogP contribution in [-0.2, 0) is 0 Å². The molecule has 11 nitrogen and oxygen atoms in total. The highest BCUT2D eigenvalue weighted by molar-refractivity contribution is 7.26. The molecule has 9 aromatic heterocycles. The van der Waals surface area contributed by atoms with Gasteiger partial charge < -0.3 is 8.83 Å². The van der Waals surface area contributed by atoms with Crippen molar-refractivity contribution in [3.05, 3.63) is 455 Å². The Labute approximate surface area is 792 Å². The fourth-order valence-corrected chi connectivity index (χ4v) is 22.5. The van der Waals surface area contributed by atoms with E-state index in [0.29, 0.717) is 29.1 Å². The zero-order valence-electron chi connectivity index (χ0n) is 74.1. The topological polar surface area (TPSA) is 118 Å². The Morgan fingerprint density at radius 3 is 1.01 bits per heavy atom. The molecule has 0 bridgehead atoms. The van der Waals surface area contributed by atoms with Gasteiger partial charge in [0.05, 0.1) is 60.1 Å². The quantitative estimate of drug-likeness (QED) is 0.140. The summed E-state index contributed by atoms with van der Waals surface area (Å²) in [5.41, 5.74) is 23.8. The second-order valence-corrected chi connectivity index (χ2v) is 36.4. The number of benzene rings is 21. The highest BCUT2D eigenvalue weighted by Gasteiger charge is 2.29. The van der Waals surface area contributed by atoms with Crippen LogP contribution in [0.2, 0.25) is 0 Å². The lowest BCUT2D eigenvalue weighted by Gasteiger charge is -2.12. The maximum atomic E-state index is 6.52. The molecular formula is C126H75N9O2S. The van der Waals surface area contributed by atoms with Gasteiger partial charge in [-0.3, -0.25) is 13.7 Å². The van der Waals surface area contributed by atoms with Gasteiger partial charge in [0, 0.05) is 86.0 Å². The van der Waals surface area contributed by atoms with Crippen molar-refractivity contribution >= 4 is 206 Å². The molecule has 0 fully saturated rings. The first-order valence-electron chi connectivity index (χ1n) is 46.5. The van der Waals surface area contributed by atoms with E-state index in [0.717, 1.165) is 143 Å². The van der Waals surface area contributed by atoms with Gasteiger partial charge in [0.2, 0.25) is 23.6 Å². The van der Waals surface area contributed by atoms with Gasteiger partial charge in [-0.05, 0) is 136 Å². The fourth-order valence-electron chi connectivity index (χ4n) is 21.3. The predicted octanol–water partition coefficient (Wildman–Crippen LogP) is 33.8. The minimum absolute atomic E-state index is 0.573. The molecule has 0 N–H and O–H groups in total. The van der Waals surface area contributed by atoms with E-state index >= 15 is 0 Å². The fraction of sp³-hybridized carbons (Fsp3) is 0. The van der Waals surface area contributed by atoms with Crippen molar-refractivity contribution in [2.75, 3.05) is 0 Å². The summed E-state index contributed by atoms with van der Waals surface area (Å²) in [6.07, 6.45) is 0. The standard InChI is InChI=1S/2C42H25N3O.C42H25N3S/c1-2-11-26(12-3-1)29-15-10-16-30(25-29)38-41-39(33-19-8-9-20-36(33)46-41)44-42(43-38)45-35-24-22-27-13-4-6-17-31(27)37(35)34-23-21-28-14-5-7-18-32(28)40(34)45;1-2-10-26(11-3-1)27-18-20-30(21-19-27)39-38-33-16-8-9-17-36(33)46-41(38)44-42(43-39)45-35-25-23-28-12-4-6-14-31(28)37(35)34-24-22-29-13-5-7-15-32(29)40(34)45;1-2-11-26(12-3-1)29-15-10-16-30(25-29)38-41-39(33-19-8-9-20-36(33)46-41)44-42(43-38)45-35-24-22-27-13-4-6-17-31(27)37(35)34-23-21-28-14-5-7-18-32(28)40(34)45/h3*1-25H. The second-order valence-electron chi connectivity index (χ2n) is 35.4. The van der Waals surface area contributed by atoms with E-state index in [9.17, 15) is 0 Å². The Hall–Kier alpha value is -18.4. The molecule has 0 spiro atoms. The SMILES string of the molecule is c1ccc(-c2ccc(-c3nc(-n4c5ccc6ccccc6c5c5ccc6ccccc6c54)nc4oc5ccccc5c34)cc2)cc1.c1ccc(-c2cccc(-c3nc(-n4c5ccc6ccccc6c5c5ccc6ccccc6c54)nc4c3oc3ccccc34)c2)cc1.c1ccc(-c2cccc(-c3nc(-n4c5ccc6ccccc6c5c5ccc6ccccc6c54)nc4c3sc3ccccc34)c2)cc1. The molecule has 0 aliphatic carbocycles. The van der Waals surface area contributed by atoms with Gasteiger partial charge in [0.1, 0.15) is 22.4 Å². The van der Waals surface area contributed by atoms with E-state index in [2.05, 4.69) is 420 Å². The average molecular weight is 1780 g/mol. The lowest BCUT2D eigenvalue weighted by Crippen LogP contribution is -2.03. The van der Waals surface area contributed by atoms with E-state index in [1.165, 1.54) is 108 Å². The van der Waals surface area contributed by atoms with E-state index < -0.39 is 0 Å². The molecule has 30 aromatic rings. The van der Waals surface area contributed by atoms with Gasteiger partial charge >= 0.3 is 0 Å². The average Bonchev–Trinajstić information content (AvgIpc) is 1.56. The van der Waals surface area contributed by atoms with Crippen LogP contribution in [0.25, 0.3) is 279 Å². The Morgan fingerprint density at radius 2 is 0.529 bits per heavy atom. The first-order valence-corrected chi connectivity index (χ1v) is 47.3. The summed E-state index contributed by atoms with van der Waals surface area (Å²) in [6, 6.07) is 161. The molecule has 0 aliphatic heterocycles. The van der Waals surface area contributed by atoms with Crippen LogP contribution in [0.15, 0.2) is 464 Å². The van der Waals surface area contributed by atoms with Crippen molar-refractivity contribution in [1.82, 2.24) is 43.6 Å². The number of hydrogen-bond donors (Lipinski definition) is 0. The monoisotopic (exact) mass is 1780 g/mol. The Bertz CT molecular complexity index is 9870. The largest absolute Gasteiger partial charge is 0.452 e. The Balaban J connectivity index is 0.000000102. The van der Waals surface area contributed by atoms with Crippen LogP contribution in [-0.4, -0.2) is 43.6 Å². The van der Waals surface area contributed by atoms with Gasteiger partial charge in [-0.1, -0.05) is 400 Å². The number of fused-ring (bicyclic) bond motifs is 30. The number of furan rings is 2. The summed E-state index contributed by atoms with van der Waals surface area (Å²) in [5.74, 6) is 1.88. The number of nitrogens with zero attached hydrogens (tertiary/aromatic N) is 9. The summed E-state index contributed by atoms with van der Waals surface area (Å²) in [7, 11) is 0. The number of aromatic nitrogens is 9. The molecule has 30 rings (SSSR count). The van der Waals surface area contributed by atoms with E-state index in [1.54, 1.807) is 11.3 Å². The molecular weight excluding hydrogens is 1700 g/mol. The van der Waals surface area contributed by atoms with Crippen molar-refractivity contribution in [2.45, 2.75) is 0 Å². The van der Waals surface area contributed by atoms with E-state index in [4.69, 9.17) is 38.7 Å². The molecule has 0 atom stereocenters. The highest BCUT2D eigenvalue weighted by Crippen LogP contribution is 2.49. The third-order valence-corrected chi connectivity index (χ3v) is 28.8. The van der Waals surface area contributed by atoms with Crippen LogP contribution < -0.4 is 0 Å². The lowest BCUT2D eigenvalue weighted by molar-refractivity contribution is 0.651. The normalized spacial score (nSPS) is 11.9. The van der Waals surface area contributed by atoms with Crippen molar-refractivity contribution < 1.29 is 8.83 Å². The Morgan fingerprint density at radius 1 is 0.196 bits per heavy atom. The smallest absolute Gasteiger partial charge is 0.238 e. The molecule has 0 unspecified atom stereocenters. The predicted molar refractivity (Wildman–Crippen MR) is 574 cm³/mol. The maximum Gasteiger partial charge on any atom is 0.238 e. The van der Waals surface area contributed by atoms with Crippen LogP contribution in [0.3, 0.4) is 0 Å². The summed E-state index contributed by atoms with van der Waals surface area (Å²) in [4.78, 5) is 32.2. The molecule has 138 heavy (non-hydrogen) atoms. The van der Waals surface area contributed by atoms with Gasteiger partial charge in [-0.25, -0.2) is 24.9 Å². The van der Waals surface area contributed by atoms with Crippen LogP contribution in [0.5, 0.6) is 0 Å². The van der Waals surface area contributed by atoms with Gasteiger partial charge in [0.15, 0.2) is 5.58 Å². The summed E-state index contributed by atoms with van der Waals surface area (Å²) >= 11 is 1.77. The summed E-state index contributed by atoms with van der Waals surface area (Å²) in [5, 5.41) is 25.6. The summed E-state index contributed by atoms with van der Waals surface area (Å²) in [6.45, 7) is 0. The third kappa shape index (κ3) is 12.6. The number of rotatable bonds is 9. The van der Waals surface area contributed by atoms with Crippen molar-refractivity contribution in [2.24, 2.45) is 0 Å². The number of hydrogen-bond acceptors (Lipinski definition) is 9. The van der Waals surface area contributed by atoms with Crippen LogP contribution >= 0.6 is 11.3 Å². The molecule has 0 saturated heterocycles. The van der Waals surface area contributed by atoms with Crippen LogP contribution in [0, 0.1) is 0 Å². The minimum Gasteiger partial charge on any atom is -0.452 e. The van der Waals surface area contributed by atoms with Crippen molar-refractivity contribution in [3.8, 4) is 85.0 Å². The van der Waals surface area contributed by atoms with E-state index in [-0.39, 0.29) is 0 Å². The van der Waals surface area contributed by atoms with Crippen molar-refractivity contribution in [1.29, 1.82) is 0 Å². The zero-order chi connectivity index (χ0) is 90.6. The van der Waals surface area contributed by atoms with E-state index in [1.807, 2.05) is 48.5 Å². The Kier molecular flexibility index (Phi) is 18.0. The zero-order valence-corrected chi connectivity index (χ0v) is 74.9. The van der Waals surface area contributed by atoms with Gasteiger partial charge in [-0.15, -0.1) is 11.3 Å². The lowest BCUT2D eigenvalue weighted by atomic mass is 10.0. The third-order valence-electron chi connectivity index (χ3n) is 27.6. The van der Waals surface area contributed by atoms with Crippen LogP contribution in [0.4, 0.5) is 0 Å². The molecule has 642 valence electrons. The molecule has 0 saturated carbocycles. The highest BCUT2D eigenvalue weighted by atomic mass is 32.1. The first kappa shape index (κ1) is 78.3. The molecule has 0 aliphatic rings. The first-order chi connectivity index (χ1) is 68.4. The van der Waals surface area contributed by atoms with Gasteiger partial charge in [-0.2, -0.15) is 4.98 Å². The molecule has 0 amide bonds. The number of thiophene rings is 1.